The molecule has 29 heavy (non-hydrogen) atoms. The van der Waals surface area contributed by atoms with Gasteiger partial charge in [0.25, 0.3) is 5.91 Å². The SMILES string of the molecule is COC(=O)COc1cccc(OC)c1C=C1C(=O)Nc2cc(C(=O)OC)ccc21. The van der Waals surface area contributed by atoms with Gasteiger partial charge in [-0.05, 0) is 30.3 Å². The fourth-order valence-corrected chi connectivity index (χ4v) is 2.89. The Hall–Kier alpha value is -3.81. The van der Waals surface area contributed by atoms with Gasteiger partial charge < -0.3 is 24.3 Å². The Morgan fingerprint density at radius 1 is 1.03 bits per heavy atom. The van der Waals surface area contributed by atoms with E-state index in [2.05, 4.69) is 10.1 Å². The van der Waals surface area contributed by atoms with Crippen molar-refractivity contribution in [3.63, 3.8) is 0 Å². The van der Waals surface area contributed by atoms with Crippen molar-refractivity contribution < 1.29 is 33.3 Å². The third-order valence-electron chi connectivity index (χ3n) is 4.33. The Kier molecular flexibility index (Phi) is 5.82. The van der Waals surface area contributed by atoms with E-state index in [9.17, 15) is 14.4 Å². The summed E-state index contributed by atoms with van der Waals surface area (Å²) in [5.74, 6) is -0.553. The molecule has 0 spiro atoms. The largest absolute Gasteiger partial charge is 0.496 e. The number of fused-ring (bicyclic) bond motifs is 1. The van der Waals surface area contributed by atoms with Crippen molar-refractivity contribution in [1.82, 2.24) is 0 Å². The third kappa shape index (κ3) is 4.06. The molecule has 0 aromatic heterocycles. The van der Waals surface area contributed by atoms with E-state index >= 15 is 0 Å². The van der Waals surface area contributed by atoms with Gasteiger partial charge in [-0.15, -0.1) is 0 Å². The zero-order valence-corrected chi connectivity index (χ0v) is 16.1. The van der Waals surface area contributed by atoms with E-state index in [-0.39, 0.29) is 12.5 Å². The fourth-order valence-electron chi connectivity index (χ4n) is 2.89. The van der Waals surface area contributed by atoms with Gasteiger partial charge in [0.2, 0.25) is 0 Å². The van der Waals surface area contributed by atoms with Crippen LogP contribution in [-0.4, -0.2) is 45.8 Å². The number of anilines is 1. The Bertz CT molecular complexity index is 1010. The molecule has 3 rings (SSSR count). The van der Waals surface area contributed by atoms with Gasteiger partial charge in [0.1, 0.15) is 11.5 Å². The van der Waals surface area contributed by atoms with E-state index in [1.807, 2.05) is 0 Å². The van der Waals surface area contributed by atoms with Crippen molar-refractivity contribution in [3.8, 4) is 11.5 Å². The first-order valence-electron chi connectivity index (χ1n) is 8.61. The zero-order chi connectivity index (χ0) is 21.0. The maximum atomic E-state index is 12.6. The quantitative estimate of drug-likeness (QED) is 0.590. The van der Waals surface area contributed by atoms with Crippen LogP contribution < -0.4 is 14.8 Å². The molecule has 1 amide bonds. The van der Waals surface area contributed by atoms with E-state index in [0.717, 1.165) is 0 Å². The van der Waals surface area contributed by atoms with Crippen molar-refractivity contribution in [2.24, 2.45) is 0 Å². The van der Waals surface area contributed by atoms with Gasteiger partial charge in [0.15, 0.2) is 6.61 Å². The topological polar surface area (TPSA) is 100 Å². The van der Waals surface area contributed by atoms with Gasteiger partial charge in [0.05, 0.1) is 32.5 Å². The number of ether oxygens (including phenoxy) is 4. The van der Waals surface area contributed by atoms with Crippen LogP contribution in [0.4, 0.5) is 5.69 Å². The van der Waals surface area contributed by atoms with E-state index in [1.165, 1.54) is 21.3 Å². The molecule has 0 saturated heterocycles. The van der Waals surface area contributed by atoms with E-state index < -0.39 is 11.9 Å². The minimum atomic E-state index is -0.536. The Morgan fingerprint density at radius 3 is 2.48 bits per heavy atom. The summed E-state index contributed by atoms with van der Waals surface area (Å²) in [6.07, 6.45) is 1.62. The van der Waals surface area contributed by atoms with Crippen molar-refractivity contribution in [2.45, 2.75) is 0 Å². The molecule has 1 aliphatic heterocycles. The zero-order valence-electron chi connectivity index (χ0n) is 16.1. The van der Waals surface area contributed by atoms with Crippen LogP contribution in [-0.2, 0) is 19.1 Å². The standard InChI is InChI=1S/C21H19NO7/c1-26-17-5-4-6-18(29-11-19(23)27-2)15(17)10-14-13-8-7-12(21(25)28-3)9-16(13)22-20(14)24/h4-10H,11H2,1-3H3,(H,22,24). The second-order valence-electron chi connectivity index (χ2n) is 6.00. The van der Waals surface area contributed by atoms with Crippen LogP contribution in [0.1, 0.15) is 21.5 Å². The number of benzene rings is 2. The molecular weight excluding hydrogens is 378 g/mol. The highest BCUT2D eigenvalue weighted by atomic mass is 16.6. The molecule has 2 aromatic rings. The lowest BCUT2D eigenvalue weighted by Crippen LogP contribution is -2.13. The lowest BCUT2D eigenvalue weighted by molar-refractivity contribution is -0.142. The fraction of sp³-hybridized carbons (Fsp3) is 0.190. The number of carbonyl (C=O) groups excluding carboxylic acids is 3. The van der Waals surface area contributed by atoms with Crippen LogP contribution in [0.2, 0.25) is 0 Å². The molecule has 0 atom stereocenters. The van der Waals surface area contributed by atoms with Gasteiger partial charge in [-0.2, -0.15) is 0 Å². The van der Waals surface area contributed by atoms with Crippen molar-refractivity contribution >= 4 is 35.2 Å². The van der Waals surface area contributed by atoms with Crippen LogP contribution in [0.15, 0.2) is 36.4 Å². The van der Waals surface area contributed by atoms with Crippen molar-refractivity contribution in [2.75, 3.05) is 33.3 Å². The summed E-state index contributed by atoms with van der Waals surface area (Å²) in [4.78, 5) is 35.7. The number of rotatable bonds is 6. The number of esters is 2. The number of hydrogen-bond acceptors (Lipinski definition) is 7. The maximum Gasteiger partial charge on any atom is 0.343 e. The molecule has 0 radical (unpaired) electrons. The third-order valence-corrected chi connectivity index (χ3v) is 4.33. The molecule has 2 aromatic carbocycles. The average molecular weight is 397 g/mol. The summed E-state index contributed by atoms with van der Waals surface area (Å²) in [6.45, 7) is -0.287. The molecule has 0 bridgehead atoms. The van der Waals surface area contributed by atoms with Crippen LogP contribution in [0.25, 0.3) is 11.6 Å². The van der Waals surface area contributed by atoms with Crippen LogP contribution in [0.5, 0.6) is 11.5 Å². The van der Waals surface area contributed by atoms with Gasteiger partial charge >= 0.3 is 11.9 Å². The van der Waals surface area contributed by atoms with E-state index in [1.54, 1.807) is 42.5 Å². The highest BCUT2D eigenvalue weighted by Gasteiger charge is 2.26. The highest BCUT2D eigenvalue weighted by Crippen LogP contribution is 2.38. The Morgan fingerprint density at radius 2 is 1.79 bits per heavy atom. The van der Waals surface area contributed by atoms with Gasteiger partial charge in [-0.25, -0.2) is 9.59 Å². The minimum Gasteiger partial charge on any atom is -0.496 e. The second kappa shape index (κ2) is 8.47. The van der Waals surface area contributed by atoms with Crippen LogP contribution in [0.3, 0.4) is 0 Å². The molecule has 150 valence electrons. The van der Waals surface area contributed by atoms with Crippen LogP contribution in [0, 0.1) is 0 Å². The Balaban J connectivity index is 2.03. The number of carbonyl (C=O) groups is 3. The first-order valence-corrected chi connectivity index (χ1v) is 8.61. The number of methoxy groups -OCH3 is 3. The molecule has 1 heterocycles. The summed E-state index contributed by atoms with van der Waals surface area (Å²) >= 11 is 0. The first-order chi connectivity index (χ1) is 14.0. The minimum absolute atomic E-state index is 0.287. The second-order valence-corrected chi connectivity index (χ2v) is 6.00. The molecule has 1 aliphatic rings. The predicted octanol–water partition coefficient (Wildman–Crippen LogP) is 2.53. The molecule has 0 unspecified atom stereocenters. The molecule has 8 heteroatoms. The highest BCUT2D eigenvalue weighted by molar-refractivity contribution is 6.35. The lowest BCUT2D eigenvalue weighted by atomic mass is 10.0. The smallest absolute Gasteiger partial charge is 0.343 e. The number of nitrogens with one attached hydrogen (secondary N) is 1. The first kappa shape index (κ1) is 19.9. The molecule has 1 N–H and O–H groups in total. The summed E-state index contributed by atoms with van der Waals surface area (Å²) < 4.78 is 20.2. The monoisotopic (exact) mass is 397 g/mol. The Labute approximate surface area is 167 Å². The number of hydrogen-bond donors (Lipinski definition) is 1. The molecule has 0 fully saturated rings. The summed E-state index contributed by atoms with van der Waals surface area (Å²) in [5.41, 5.74) is 2.30. The van der Waals surface area contributed by atoms with Crippen molar-refractivity contribution in [1.29, 1.82) is 0 Å². The molecule has 0 saturated carbocycles. The van der Waals surface area contributed by atoms with Gasteiger partial charge in [-0.3, -0.25) is 4.79 Å². The summed E-state index contributed by atoms with van der Waals surface area (Å²) in [6, 6.07) is 9.87. The van der Waals surface area contributed by atoms with Crippen molar-refractivity contribution in [3.05, 3.63) is 53.1 Å². The van der Waals surface area contributed by atoms with E-state index in [4.69, 9.17) is 14.2 Å². The average Bonchev–Trinajstić information content (AvgIpc) is 3.06. The van der Waals surface area contributed by atoms with Gasteiger partial charge in [-0.1, -0.05) is 12.1 Å². The summed E-state index contributed by atoms with van der Waals surface area (Å²) in [7, 11) is 4.05. The lowest BCUT2D eigenvalue weighted by Gasteiger charge is -2.12. The van der Waals surface area contributed by atoms with Gasteiger partial charge in [0, 0.05) is 16.8 Å². The summed E-state index contributed by atoms with van der Waals surface area (Å²) in [5, 5.41) is 2.73. The number of amides is 1. The predicted molar refractivity (Wildman–Crippen MR) is 105 cm³/mol. The van der Waals surface area contributed by atoms with Crippen LogP contribution >= 0.6 is 0 Å². The molecule has 0 aliphatic carbocycles. The maximum absolute atomic E-state index is 12.6. The molecular formula is C21H19NO7. The van der Waals surface area contributed by atoms with E-state index in [0.29, 0.717) is 39.4 Å². The normalized spacial score (nSPS) is 13.5. The molecule has 8 nitrogen and oxygen atoms in total.